The highest BCUT2D eigenvalue weighted by atomic mass is 32.2. The third-order valence-corrected chi connectivity index (χ3v) is 5.93. The van der Waals surface area contributed by atoms with Crippen molar-refractivity contribution in [2.45, 2.75) is 44.6 Å². The van der Waals surface area contributed by atoms with E-state index >= 15 is 0 Å². The molecule has 0 bridgehead atoms. The number of nitrogens with zero attached hydrogens (tertiary/aromatic N) is 2. The lowest BCUT2D eigenvalue weighted by Gasteiger charge is -2.31. The molecule has 2 rings (SSSR count). The molecule has 1 aliphatic heterocycles. The van der Waals surface area contributed by atoms with Gasteiger partial charge in [0.25, 0.3) is 11.6 Å². The number of nitro benzene ring substituents is 1. The van der Waals surface area contributed by atoms with Gasteiger partial charge in [-0.15, -0.1) is 11.8 Å². The normalized spacial score (nSPS) is 16.7. The molecule has 172 valence electrons. The van der Waals surface area contributed by atoms with Crippen molar-refractivity contribution in [1.29, 1.82) is 0 Å². The molecule has 1 aromatic rings. The van der Waals surface area contributed by atoms with Crippen molar-refractivity contribution in [1.82, 2.24) is 4.90 Å². The van der Waals surface area contributed by atoms with Gasteiger partial charge in [-0.1, -0.05) is 6.92 Å². The second-order valence-electron chi connectivity index (χ2n) is 6.76. The molecule has 1 aliphatic rings. The lowest BCUT2D eigenvalue weighted by molar-refractivity contribution is -0.385. The molecule has 0 aliphatic carbocycles. The minimum atomic E-state index is -1.06. The summed E-state index contributed by atoms with van der Waals surface area (Å²) in [5.41, 5.74) is -0.727. The highest BCUT2D eigenvalue weighted by Crippen LogP contribution is 2.37. The molecule has 1 amide bonds. The van der Waals surface area contributed by atoms with Crippen LogP contribution in [0.1, 0.15) is 43.5 Å². The predicted molar refractivity (Wildman–Crippen MR) is 115 cm³/mol. The number of benzene rings is 1. The number of amides is 1. The Morgan fingerprint density at radius 2 is 2.10 bits per heavy atom. The number of likely N-dealkylation sites (tertiary alicyclic amines) is 1. The summed E-state index contributed by atoms with van der Waals surface area (Å²) in [6.45, 7) is 4.70. The molecule has 1 fully saturated rings. The van der Waals surface area contributed by atoms with Crippen molar-refractivity contribution in [3.8, 4) is 11.5 Å². The SMILES string of the molecule is CCOC(SCC)C1CCCN1C(=O)c1cc(OC)c(OCCC(=O)O)cc1[N+](=O)[O-]. The van der Waals surface area contributed by atoms with Gasteiger partial charge in [0.15, 0.2) is 11.5 Å². The van der Waals surface area contributed by atoms with E-state index in [0.29, 0.717) is 13.2 Å². The number of carboxylic acids is 1. The molecule has 1 aromatic carbocycles. The Kier molecular flexibility index (Phi) is 9.38. The van der Waals surface area contributed by atoms with Crippen LogP contribution in [0.2, 0.25) is 0 Å². The first-order valence-electron chi connectivity index (χ1n) is 10.1. The molecule has 0 saturated carbocycles. The van der Waals surface area contributed by atoms with Crippen LogP contribution in [0.4, 0.5) is 5.69 Å². The number of carbonyl (C=O) groups excluding carboxylic acids is 1. The van der Waals surface area contributed by atoms with Gasteiger partial charge in [0.1, 0.15) is 11.0 Å². The highest BCUT2D eigenvalue weighted by Gasteiger charge is 2.38. The van der Waals surface area contributed by atoms with Gasteiger partial charge < -0.3 is 24.2 Å². The van der Waals surface area contributed by atoms with Crippen molar-refractivity contribution in [3.63, 3.8) is 0 Å². The lowest BCUT2D eigenvalue weighted by Crippen LogP contribution is -2.43. The number of methoxy groups -OCH3 is 1. The number of thioether (sulfide) groups is 1. The van der Waals surface area contributed by atoms with Gasteiger partial charge in [0.2, 0.25) is 0 Å². The summed E-state index contributed by atoms with van der Waals surface area (Å²) in [7, 11) is 1.35. The van der Waals surface area contributed by atoms with Gasteiger partial charge >= 0.3 is 5.97 Å². The van der Waals surface area contributed by atoms with Gasteiger partial charge in [-0.2, -0.15) is 0 Å². The summed E-state index contributed by atoms with van der Waals surface area (Å²) in [5, 5.41) is 20.5. The largest absolute Gasteiger partial charge is 0.493 e. The molecular formula is C20H28N2O8S. The van der Waals surface area contributed by atoms with Gasteiger partial charge in [-0.05, 0) is 25.5 Å². The van der Waals surface area contributed by atoms with E-state index in [1.54, 1.807) is 16.7 Å². The maximum Gasteiger partial charge on any atom is 0.306 e. The van der Waals surface area contributed by atoms with Gasteiger partial charge in [-0.25, -0.2) is 0 Å². The number of nitro groups is 1. The fourth-order valence-corrected chi connectivity index (χ4v) is 4.54. The Hall–Kier alpha value is -2.53. The van der Waals surface area contributed by atoms with Gasteiger partial charge in [-0.3, -0.25) is 19.7 Å². The van der Waals surface area contributed by atoms with Crippen LogP contribution in [0.5, 0.6) is 11.5 Å². The Balaban J connectivity index is 2.37. The van der Waals surface area contributed by atoms with Crippen LogP contribution >= 0.6 is 11.8 Å². The Bertz CT molecular complexity index is 798. The molecule has 0 aromatic heterocycles. The lowest BCUT2D eigenvalue weighted by atomic mass is 10.1. The average molecular weight is 457 g/mol. The highest BCUT2D eigenvalue weighted by molar-refractivity contribution is 7.99. The standard InChI is InChI=1S/C20H28N2O8S/c1-4-29-20(31-5-2)14-7-6-9-21(14)19(25)13-11-16(28-3)17(12-15(13)22(26)27)30-10-8-18(23)24/h11-12,14,20H,4-10H2,1-3H3,(H,23,24). The van der Waals surface area contributed by atoms with Crippen molar-refractivity contribution < 1.29 is 33.8 Å². The van der Waals surface area contributed by atoms with Crippen LogP contribution in [0, 0.1) is 10.1 Å². The van der Waals surface area contributed by atoms with Crippen molar-refractivity contribution in [2.24, 2.45) is 0 Å². The first-order valence-corrected chi connectivity index (χ1v) is 11.1. The van der Waals surface area contributed by atoms with Crippen molar-refractivity contribution in [3.05, 3.63) is 27.8 Å². The van der Waals surface area contributed by atoms with Crippen LogP contribution < -0.4 is 9.47 Å². The van der Waals surface area contributed by atoms with Crippen LogP contribution in [0.25, 0.3) is 0 Å². The molecule has 31 heavy (non-hydrogen) atoms. The van der Waals surface area contributed by atoms with Gasteiger partial charge in [0, 0.05) is 19.2 Å². The number of hydrogen-bond donors (Lipinski definition) is 1. The maximum atomic E-state index is 13.4. The fraction of sp³-hybridized carbons (Fsp3) is 0.600. The summed E-state index contributed by atoms with van der Waals surface area (Å²) in [6.07, 6.45) is 1.26. The van der Waals surface area contributed by atoms with Crippen LogP contribution in [-0.2, 0) is 9.53 Å². The fourth-order valence-electron chi connectivity index (χ4n) is 3.47. The summed E-state index contributed by atoms with van der Waals surface area (Å²) < 4.78 is 16.4. The number of ether oxygens (including phenoxy) is 3. The molecule has 1 N–H and O–H groups in total. The van der Waals surface area contributed by atoms with Gasteiger partial charge in [0.05, 0.1) is 37.2 Å². The van der Waals surface area contributed by atoms with E-state index in [-0.39, 0.29) is 41.6 Å². The first-order chi connectivity index (χ1) is 14.8. The second kappa shape index (κ2) is 11.8. The monoisotopic (exact) mass is 456 g/mol. The zero-order valence-electron chi connectivity index (χ0n) is 17.9. The molecule has 2 atom stereocenters. The average Bonchev–Trinajstić information content (AvgIpc) is 3.22. The molecular weight excluding hydrogens is 428 g/mol. The molecule has 1 saturated heterocycles. The summed E-state index contributed by atoms with van der Waals surface area (Å²) >= 11 is 1.60. The predicted octanol–water partition coefficient (Wildman–Crippen LogP) is 3.18. The summed E-state index contributed by atoms with van der Waals surface area (Å²) in [4.78, 5) is 36.8. The number of aliphatic carboxylic acids is 1. The van der Waals surface area contributed by atoms with Crippen LogP contribution in [0.15, 0.2) is 12.1 Å². The molecule has 11 heteroatoms. The second-order valence-corrected chi connectivity index (χ2v) is 8.13. The molecule has 10 nitrogen and oxygen atoms in total. The molecule has 1 heterocycles. The Morgan fingerprint density at radius 1 is 1.35 bits per heavy atom. The van der Waals surface area contributed by atoms with E-state index < -0.39 is 22.5 Å². The number of carbonyl (C=O) groups is 2. The van der Waals surface area contributed by atoms with Crippen molar-refractivity contribution in [2.75, 3.05) is 32.6 Å². The van der Waals surface area contributed by atoms with Crippen LogP contribution in [0.3, 0.4) is 0 Å². The smallest absolute Gasteiger partial charge is 0.306 e. The zero-order valence-corrected chi connectivity index (χ0v) is 18.7. The maximum absolute atomic E-state index is 13.4. The van der Waals surface area contributed by atoms with Crippen molar-refractivity contribution >= 4 is 29.3 Å². The van der Waals surface area contributed by atoms with E-state index in [1.165, 1.54) is 13.2 Å². The van der Waals surface area contributed by atoms with E-state index in [2.05, 4.69) is 0 Å². The topological polar surface area (TPSA) is 128 Å². The third-order valence-electron chi connectivity index (χ3n) is 4.82. The number of carboxylic acid groups (broad SMARTS) is 1. The quantitative estimate of drug-likeness (QED) is 0.286. The summed E-state index contributed by atoms with van der Waals surface area (Å²) in [5.74, 6) is -0.572. The molecule has 2 unspecified atom stereocenters. The Morgan fingerprint density at radius 3 is 2.68 bits per heavy atom. The van der Waals surface area contributed by atoms with E-state index in [0.717, 1.165) is 24.7 Å². The number of rotatable bonds is 12. The number of hydrogen-bond acceptors (Lipinski definition) is 8. The zero-order chi connectivity index (χ0) is 23.0. The first kappa shape index (κ1) is 24.7. The van der Waals surface area contributed by atoms with E-state index in [9.17, 15) is 19.7 Å². The molecule has 0 radical (unpaired) electrons. The summed E-state index contributed by atoms with van der Waals surface area (Å²) in [6, 6.07) is 2.21. The minimum absolute atomic E-state index is 0.0127. The van der Waals surface area contributed by atoms with E-state index in [1.807, 2.05) is 13.8 Å². The minimum Gasteiger partial charge on any atom is -0.493 e. The van der Waals surface area contributed by atoms with E-state index in [4.69, 9.17) is 19.3 Å². The van der Waals surface area contributed by atoms with Crippen LogP contribution in [-0.4, -0.2) is 70.9 Å². The Labute approximate surface area is 185 Å². The molecule has 0 spiro atoms. The third kappa shape index (κ3) is 6.23.